The number of hydrogen-bond donors (Lipinski definition) is 0. The monoisotopic (exact) mass is 320 g/mol. The van der Waals surface area contributed by atoms with E-state index in [4.69, 9.17) is 0 Å². The normalized spacial score (nSPS) is 18.0. The second-order valence-corrected chi connectivity index (χ2v) is 7.24. The van der Waals surface area contributed by atoms with Crippen LogP contribution >= 0.6 is 24.8 Å². The van der Waals surface area contributed by atoms with Crippen molar-refractivity contribution in [2.24, 2.45) is 0 Å². The molecule has 0 N–H and O–H groups in total. The maximum absolute atomic E-state index is 2.31. The molecule has 2 aliphatic rings. The Labute approximate surface area is 116 Å². The van der Waals surface area contributed by atoms with Gasteiger partial charge in [-0.3, -0.25) is 0 Å². The smallest absolute Gasteiger partial charge is 0.147 e. The van der Waals surface area contributed by atoms with Crippen LogP contribution in [0.3, 0.4) is 0 Å². The van der Waals surface area contributed by atoms with E-state index in [0.29, 0.717) is 0 Å². The summed E-state index contributed by atoms with van der Waals surface area (Å²) in [6, 6.07) is 0. The Bertz CT molecular complexity index is 315. The molecule has 0 amide bonds. The fourth-order valence-corrected chi connectivity index (χ4v) is 5.07. The van der Waals surface area contributed by atoms with Crippen molar-refractivity contribution in [3.63, 3.8) is 0 Å². The first-order valence-corrected chi connectivity index (χ1v) is 7.23. The Kier molecular flexibility index (Phi) is 7.08. The average molecular weight is 322 g/mol. The minimum atomic E-state index is -0.385. The SMILES string of the molecule is CC1=[C]([Zr][C]2=C(C)C=CC2)CC=C1.Cl.Cl. The summed E-state index contributed by atoms with van der Waals surface area (Å²) in [4.78, 5) is 0. The summed E-state index contributed by atoms with van der Waals surface area (Å²) in [5.41, 5.74) is 3.11. The van der Waals surface area contributed by atoms with Crippen molar-refractivity contribution in [2.45, 2.75) is 26.7 Å². The van der Waals surface area contributed by atoms with Crippen LogP contribution in [0.25, 0.3) is 0 Å². The summed E-state index contributed by atoms with van der Waals surface area (Å²) >= 11 is -0.385. The first-order valence-electron chi connectivity index (χ1n) is 4.77. The van der Waals surface area contributed by atoms with E-state index in [0.717, 1.165) is 0 Å². The second-order valence-electron chi connectivity index (χ2n) is 3.66. The van der Waals surface area contributed by atoms with Gasteiger partial charge in [-0.1, -0.05) is 0 Å². The van der Waals surface area contributed by atoms with Gasteiger partial charge in [-0.15, -0.1) is 24.8 Å². The molecule has 0 aliphatic heterocycles. The molecule has 0 atom stereocenters. The fourth-order valence-electron chi connectivity index (χ4n) is 1.71. The third kappa shape index (κ3) is 3.73. The third-order valence-corrected chi connectivity index (χ3v) is 7.06. The molecular formula is C12H16Cl2Zr. The van der Waals surface area contributed by atoms with Crippen molar-refractivity contribution in [2.75, 3.05) is 0 Å². The number of rotatable bonds is 2. The van der Waals surface area contributed by atoms with Gasteiger partial charge in [0.25, 0.3) is 0 Å². The predicted molar refractivity (Wildman–Crippen MR) is 67.4 cm³/mol. The Hall–Kier alpha value is 0.423. The van der Waals surface area contributed by atoms with Crippen LogP contribution in [0.15, 0.2) is 42.0 Å². The zero-order valence-corrected chi connectivity index (χ0v) is 13.1. The average Bonchev–Trinajstić information content (AvgIpc) is 2.65. The maximum Gasteiger partial charge on any atom is -0.147 e. The Balaban J connectivity index is 0.000000980. The molecule has 0 bridgehead atoms. The van der Waals surface area contributed by atoms with Gasteiger partial charge in [-0.05, 0) is 0 Å². The van der Waals surface area contributed by atoms with E-state index >= 15 is 0 Å². The number of halogens is 2. The van der Waals surface area contributed by atoms with Gasteiger partial charge < -0.3 is 0 Å². The molecule has 82 valence electrons. The third-order valence-electron chi connectivity index (χ3n) is 2.63. The van der Waals surface area contributed by atoms with Gasteiger partial charge >= 0.3 is 91.9 Å². The van der Waals surface area contributed by atoms with Crippen LogP contribution in [0, 0.1) is 0 Å². The largest absolute Gasteiger partial charge is 0.147 e. The summed E-state index contributed by atoms with van der Waals surface area (Å²) in [6.07, 6.45) is 11.7. The van der Waals surface area contributed by atoms with Crippen LogP contribution in [0.5, 0.6) is 0 Å². The van der Waals surface area contributed by atoms with Crippen molar-refractivity contribution in [1.82, 2.24) is 0 Å². The first kappa shape index (κ1) is 15.4. The summed E-state index contributed by atoms with van der Waals surface area (Å²) < 4.78 is 3.56. The van der Waals surface area contributed by atoms with Crippen molar-refractivity contribution in [1.29, 1.82) is 0 Å². The fraction of sp³-hybridized carbons (Fsp3) is 0.333. The minimum absolute atomic E-state index is 0. The molecule has 15 heavy (non-hydrogen) atoms. The van der Waals surface area contributed by atoms with E-state index in [2.05, 4.69) is 38.2 Å². The number of hydrogen-bond acceptors (Lipinski definition) is 0. The van der Waals surface area contributed by atoms with Gasteiger partial charge in [0.15, 0.2) is 0 Å². The molecule has 0 aromatic carbocycles. The van der Waals surface area contributed by atoms with E-state index in [9.17, 15) is 0 Å². The van der Waals surface area contributed by atoms with Gasteiger partial charge in [0, 0.05) is 0 Å². The van der Waals surface area contributed by atoms with Crippen LogP contribution < -0.4 is 0 Å². The molecule has 3 heteroatoms. The van der Waals surface area contributed by atoms with Crippen LogP contribution in [-0.2, 0) is 23.2 Å². The van der Waals surface area contributed by atoms with Gasteiger partial charge in [0.05, 0.1) is 0 Å². The maximum atomic E-state index is 2.31. The summed E-state index contributed by atoms with van der Waals surface area (Å²) in [7, 11) is 0. The van der Waals surface area contributed by atoms with Crippen LogP contribution in [0.2, 0.25) is 0 Å². The zero-order valence-electron chi connectivity index (χ0n) is 9.04. The summed E-state index contributed by atoms with van der Waals surface area (Å²) in [5.74, 6) is 0. The first-order chi connectivity index (χ1) is 6.27. The molecule has 0 unspecified atom stereocenters. The molecule has 0 saturated heterocycles. The molecule has 0 aromatic rings. The van der Waals surface area contributed by atoms with E-state index in [-0.39, 0.29) is 48.0 Å². The molecule has 0 fully saturated rings. The van der Waals surface area contributed by atoms with Gasteiger partial charge in [0.2, 0.25) is 0 Å². The molecular weight excluding hydrogens is 306 g/mol. The predicted octanol–water partition coefficient (Wildman–Crippen LogP) is 4.38. The Morgan fingerprint density at radius 3 is 1.53 bits per heavy atom. The Morgan fingerprint density at radius 1 is 0.867 bits per heavy atom. The van der Waals surface area contributed by atoms with E-state index in [1.54, 1.807) is 17.7 Å². The second kappa shape index (κ2) is 6.89. The van der Waals surface area contributed by atoms with Crippen LogP contribution in [0.4, 0.5) is 0 Å². The van der Waals surface area contributed by atoms with E-state index < -0.39 is 0 Å². The molecule has 2 aliphatic carbocycles. The van der Waals surface area contributed by atoms with Crippen molar-refractivity contribution >= 4 is 24.8 Å². The minimum Gasteiger partial charge on any atom is -0.147 e. The molecule has 0 nitrogen and oxygen atoms in total. The molecule has 0 heterocycles. The molecule has 0 saturated carbocycles. The molecule has 2 rings (SSSR count). The zero-order chi connectivity index (χ0) is 9.26. The summed E-state index contributed by atoms with van der Waals surface area (Å²) in [6.45, 7) is 4.52. The quantitative estimate of drug-likeness (QED) is 0.708. The number of allylic oxidation sites excluding steroid dienone is 8. The van der Waals surface area contributed by atoms with Crippen molar-refractivity contribution < 1.29 is 23.2 Å². The van der Waals surface area contributed by atoms with Gasteiger partial charge in [0.1, 0.15) is 0 Å². The Morgan fingerprint density at radius 2 is 1.27 bits per heavy atom. The molecule has 0 radical (unpaired) electrons. The van der Waals surface area contributed by atoms with Crippen molar-refractivity contribution in [3.8, 4) is 0 Å². The van der Waals surface area contributed by atoms with Crippen molar-refractivity contribution in [3.05, 3.63) is 42.0 Å². The van der Waals surface area contributed by atoms with Crippen LogP contribution in [-0.4, -0.2) is 0 Å². The van der Waals surface area contributed by atoms with Gasteiger partial charge in [-0.25, -0.2) is 0 Å². The summed E-state index contributed by atoms with van der Waals surface area (Å²) in [5, 5.41) is 0. The van der Waals surface area contributed by atoms with Crippen LogP contribution in [0.1, 0.15) is 26.7 Å². The molecule has 0 aromatic heterocycles. The van der Waals surface area contributed by atoms with E-state index in [1.807, 2.05) is 0 Å². The van der Waals surface area contributed by atoms with Gasteiger partial charge in [-0.2, -0.15) is 0 Å². The standard InChI is InChI=1S/2C6H7.2ClH.Zr/c2*1-6-4-2-3-5-6;;;/h2*2,4H,3H2,1H3;2*1H;. The van der Waals surface area contributed by atoms with E-state index in [1.165, 1.54) is 12.8 Å². The topological polar surface area (TPSA) is 0 Å². The molecule has 0 spiro atoms.